The largest absolute Gasteiger partial charge is 0.207 e. The Balaban J connectivity index is 3.07. The summed E-state index contributed by atoms with van der Waals surface area (Å²) in [5.41, 5.74) is 6.58. The Morgan fingerprint density at radius 2 is 1.79 bits per heavy atom. The molecule has 14 heavy (non-hydrogen) atoms. The molecule has 0 saturated heterocycles. The van der Waals surface area contributed by atoms with Gasteiger partial charge >= 0.3 is 0 Å². The smallest absolute Gasteiger partial charge is 0.123 e. The second-order valence-corrected chi connectivity index (χ2v) is 3.39. The monoisotopic (exact) mass is 190 g/mol. The molecule has 0 spiro atoms. The van der Waals surface area contributed by atoms with Gasteiger partial charge in [0.05, 0.1) is 0 Å². The van der Waals surface area contributed by atoms with Crippen LogP contribution in [-0.2, 0) is 0 Å². The van der Waals surface area contributed by atoms with Crippen molar-refractivity contribution in [3.05, 3.63) is 47.0 Å². The average molecular weight is 190 g/mol. The molecule has 0 unspecified atom stereocenters. The van der Waals surface area contributed by atoms with Crippen LogP contribution in [0, 0.1) is 5.82 Å². The Kier molecular flexibility index (Phi) is 3.67. The Morgan fingerprint density at radius 3 is 2.29 bits per heavy atom. The summed E-state index contributed by atoms with van der Waals surface area (Å²) in [5, 5.41) is 0. The van der Waals surface area contributed by atoms with Crippen molar-refractivity contribution >= 4 is 5.57 Å². The molecule has 74 valence electrons. The standard InChI is InChI=1S/C13H15F/c1-4-10(2)9-11(3)12-5-7-13(14)8-6-12/h5-8H,4H2,1-3H3. The maximum atomic E-state index is 12.6. The topological polar surface area (TPSA) is 0 Å². The number of rotatable bonds is 2. The van der Waals surface area contributed by atoms with Gasteiger partial charge < -0.3 is 0 Å². The first-order chi connectivity index (χ1) is 6.63. The number of hydrogen-bond acceptors (Lipinski definition) is 0. The van der Waals surface area contributed by atoms with Crippen LogP contribution >= 0.6 is 0 Å². The number of hydrogen-bond donors (Lipinski definition) is 0. The third-order valence-corrected chi connectivity index (χ3v) is 2.21. The van der Waals surface area contributed by atoms with Gasteiger partial charge in [-0.25, -0.2) is 4.39 Å². The van der Waals surface area contributed by atoms with Crippen LogP contribution in [0.5, 0.6) is 0 Å². The van der Waals surface area contributed by atoms with Crippen LogP contribution in [-0.4, -0.2) is 0 Å². The van der Waals surface area contributed by atoms with E-state index in [1.165, 1.54) is 17.7 Å². The molecule has 0 nitrogen and oxygen atoms in total. The fourth-order valence-corrected chi connectivity index (χ4v) is 1.18. The molecule has 0 heterocycles. The zero-order valence-electron chi connectivity index (χ0n) is 8.89. The molecule has 1 aromatic carbocycles. The third-order valence-electron chi connectivity index (χ3n) is 2.21. The molecule has 1 rings (SSSR count). The lowest BCUT2D eigenvalue weighted by molar-refractivity contribution is 0.627. The lowest BCUT2D eigenvalue weighted by atomic mass is 10.1. The zero-order chi connectivity index (χ0) is 10.6. The Morgan fingerprint density at radius 1 is 1.21 bits per heavy atom. The minimum absolute atomic E-state index is 0.197. The van der Waals surface area contributed by atoms with Crippen molar-refractivity contribution in [3.63, 3.8) is 0 Å². The van der Waals surface area contributed by atoms with E-state index in [1.807, 2.05) is 13.8 Å². The van der Waals surface area contributed by atoms with Gasteiger partial charge in [-0.15, -0.1) is 5.73 Å². The Hall–Kier alpha value is -1.33. The van der Waals surface area contributed by atoms with Crippen LogP contribution in [0.1, 0.15) is 32.8 Å². The Labute approximate surface area is 84.8 Å². The van der Waals surface area contributed by atoms with E-state index < -0.39 is 0 Å². The molecular formula is C13H15F. The first kappa shape index (κ1) is 10.7. The van der Waals surface area contributed by atoms with Gasteiger partial charge in [0.15, 0.2) is 0 Å². The molecule has 1 aromatic rings. The van der Waals surface area contributed by atoms with Crippen LogP contribution in [0.3, 0.4) is 0 Å². The van der Waals surface area contributed by atoms with Gasteiger partial charge in [-0.3, -0.25) is 0 Å². The highest BCUT2D eigenvalue weighted by Gasteiger charge is 1.95. The van der Waals surface area contributed by atoms with Gasteiger partial charge in [0.2, 0.25) is 0 Å². The predicted octanol–water partition coefficient (Wildman–Crippen LogP) is 4.18. The van der Waals surface area contributed by atoms with Gasteiger partial charge in [0.25, 0.3) is 0 Å². The summed E-state index contributed by atoms with van der Waals surface area (Å²) in [5.74, 6) is -0.197. The van der Waals surface area contributed by atoms with Crippen molar-refractivity contribution in [1.29, 1.82) is 0 Å². The summed E-state index contributed by atoms with van der Waals surface area (Å²) < 4.78 is 12.6. The van der Waals surface area contributed by atoms with E-state index in [0.29, 0.717) is 0 Å². The van der Waals surface area contributed by atoms with Crippen LogP contribution in [0.25, 0.3) is 5.57 Å². The van der Waals surface area contributed by atoms with Crippen LogP contribution < -0.4 is 0 Å². The average Bonchev–Trinajstić information content (AvgIpc) is 2.18. The third kappa shape index (κ3) is 2.86. The second-order valence-electron chi connectivity index (χ2n) is 3.39. The summed E-state index contributed by atoms with van der Waals surface area (Å²) in [6.07, 6.45) is 0.999. The van der Waals surface area contributed by atoms with E-state index in [-0.39, 0.29) is 5.82 Å². The van der Waals surface area contributed by atoms with Gasteiger partial charge in [0, 0.05) is 0 Å². The molecule has 0 radical (unpaired) electrons. The van der Waals surface area contributed by atoms with Crippen molar-refractivity contribution in [2.45, 2.75) is 27.2 Å². The van der Waals surface area contributed by atoms with Gasteiger partial charge in [0.1, 0.15) is 5.82 Å². The highest BCUT2D eigenvalue weighted by atomic mass is 19.1. The molecule has 0 aliphatic carbocycles. The van der Waals surface area contributed by atoms with E-state index in [4.69, 9.17) is 0 Å². The molecule has 0 fully saturated rings. The lowest BCUT2D eigenvalue weighted by Crippen LogP contribution is -1.79. The van der Waals surface area contributed by atoms with E-state index in [9.17, 15) is 4.39 Å². The van der Waals surface area contributed by atoms with Crippen LogP contribution in [0.2, 0.25) is 0 Å². The molecule has 0 amide bonds. The molecule has 0 aliphatic heterocycles. The second kappa shape index (κ2) is 4.78. The normalized spacial score (nSPS) is 9.43. The molecule has 0 aromatic heterocycles. The maximum Gasteiger partial charge on any atom is 0.123 e. The fourth-order valence-electron chi connectivity index (χ4n) is 1.18. The van der Waals surface area contributed by atoms with Crippen molar-refractivity contribution in [2.24, 2.45) is 0 Å². The highest BCUT2D eigenvalue weighted by molar-refractivity contribution is 5.63. The number of halogens is 1. The van der Waals surface area contributed by atoms with Crippen molar-refractivity contribution in [2.75, 3.05) is 0 Å². The predicted molar refractivity (Wildman–Crippen MR) is 58.5 cm³/mol. The van der Waals surface area contributed by atoms with Gasteiger partial charge in [-0.1, -0.05) is 19.1 Å². The summed E-state index contributed by atoms with van der Waals surface area (Å²) in [6.45, 7) is 6.14. The van der Waals surface area contributed by atoms with Crippen molar-refractivity contribution in [3.8, 4) is 0 Å². The molecule has 0 N–H and O–H groups in total. The zero-order valence-corrected chi connectivity index (χ0v) is 8.89. The minimum Gasteiger partial charge on any atom is -0.207 e. The first-order valence-corrected chi connectivity index (χ1v) is 4.82. The van der Waals surface area contributed by atoms with E-state index in [1.54, 1.807) is 12.1 Å². The van der Waals surface area contributed by atoms with Gasteiger partial charge in [-0.05, 0) is 49.1 Å². The molecule has 0 atom stereocenters. The maximum absolute atomic E-state index is 12.6. The molecule has 0 aliphatic rings. The summed E-state index contributed by atoms with van der Waals surface area (Å²) >= 11 is 0. The molecule has 0 bridgehead atoms. The van der Waals surface area contributed by atoms with Gasteiger partial charge in [-0.2, -0.15) is 0 Å². The van der Waals surface area contributed by atoms with Crippen molar-refractivity contribution in [1.82, 2.24) is 0 Å². The van der Waals surface area contributed by atoms with Crippen LogP contribution in [0.4, 0.5) is 4.39 Å². The first-order valence-electron chi connectivity index (χ1n) is 4.82. The van der Waals surface area contributed by atoms with E-state index in [0.717, 1.165) is 17.6 Å². The number of allylic oxidation sites excluding steroid dienone is 1. The quantitative estimate of drug-likeness (QED) is 0.613. The Bertz CT molecular complexity index is 365. The lowest BCUT2D eigenvalue weighted by Gasteiger charge is -1.98. The summed E-state index contributed by atoms with van der Waals surface area (Å²) in [4.78, 5) is 0. The summed E-state index contributed by atoms with van der Waals surface area (Å²) in [7, 11) is 0. The molecular weight excluding hydrogens is 175 g/mol. The van der Waals surface area contributed by atoms with Crippen molar-refractivity contribution < 1.29 is 4.39 Å². The summed E-state index contributed by atoms with van der Waals surface area (Å²) in [6, 6.07) is 6.50. The minimum atomic E-state index is -0.197. The molecule has 1 heteroatoms. The van der Waals surface area contributed by atoms with E-state index in [2.05, 4.69) is 12.7 Å². The SMILES string of the molecule is CCC(C)=C=C(C)c1ccc(F)cc1. The molecule has 0 saturated carbocycles. The highest BCUT2D eigenvalue weighted by Crippen LogP contribution is 2.14. The fraction of sp³-hybridized carbons (Fsp3) is 0.308. The van der Waals surface area contributed by atoms with E-state index >= 15 is 0 Å². The number of benzene rings is 1. The van der Waals surface area contributed by atoms with Crippen LogP contribution in [0.15, 0.2) is 35.6 Å².